The molecule has 1 N–H and O–H groups in total. The number of benzene rings is 1. The Bertz CT molecular complexity index is 875. The van der Waals surface area contributed by atoms with Crippen LogP contribution in [0, 0.1) is 6.92 Å². The summed E-state index contributed by atoms with van der Waals surface area (Å²) in [5, 5.41) is 5.33. The van der Waals surface area contributed by atoms with Gasteiger partial charge < -0.3 is 14.6 Å². The van der Waals surface area contributed by atoms with E-state index in [4.69, 9.17) is 9.26 Å². The first-order valence-electron chi connectivity index (χ1n) is 8.02. The highest BCUT2D eigenvalue weighted by Crippen LogP contribution is 2.31. The number of nitrogens with one attached hydrogen (secondary N) is 1. The molecule has 2 atom stereocenters. The van der Waals surface area contributed by atoms with Crippen molar-refractivity contribution in [2.24, 2.45) is 0 Å². The fourth-order valence-corrected chi connectivity index (χ4v) is 3.95. The van der Waals surface area contributed by atoms with E-state index in [0.29, 0.717) is 30.2 Å². The van der Waals surface area contributed by atoms with E-state index >= 15 is 0 Å². The van der Waals surface area contributed by atoms with Crippen LogP contribution in [0.4, 0.5) is 0 Å². The average molecular weight is 364 g/mol. The van der Waals surface area contributed by atoms with E-state index in [-0.39, 0.29) is 11.8 Å². The molecule has 0 saturated carbocycles. The molecule has 0 bridgehead atoms. The molecule has 3 rings (SSSR count). The first-order valence-corrected chi connectivity index (χ1v) is 9.74. The second-order valence-electron chi connectivity index (χ2n) is 6.11. The molecule has 8 heteroatoms. The van der Waals surface area contributed by atoms with Crippen molar-refractivity contribution in [3.8, 4) is 5.75 Å². The molecule has 134 valence electrons. The molecule has 2 aromatic rings. The Morgan fingerprint density at radius 3 is 2.88 bits per heavy atom. The Morgan fingerprint density at radius 1 is 1.40 bits per heavy atom. The van der Waals surface area contributed by atoms with Crippen molar-refractivity contribution in [1.82, 2.24) is 10.5 Å². The van der Waals surface area contributed by atoms with Crippen molar-refractivity contribution >= 4 is 15.7 Å². The maximum Gasteiger partial charge on any atom is 0.238 e. The van der Waals surface area contributed by atoms with Gasteiger partial charge >= 0.3 is 0 Å². The maximum atomic E-state index is 12.5. The summed E-state index contributed by atoms with van der Waals surface area (Å²) in [5.74, 6) is 0.388. The zero-order chi connectivity index (χ0) is 18.0. The summed E-state index contributed by atoms with van der Waals surface area (Å²) < 4.78 is 35.4. The zero-order valence-electron chi connectivity index (χ0n) is 14.1. The van der Waals surface area contributed by atoms with Gasteiger partial charge in [0, 0.05) is 18.1 Å². The number of amides is 1. The van der Waals surface area contributed by atoms with Gasteiger partial charge in [-0.3, -0.25) is 4.79 Å². The Labute approximate surface area is 146 Å². The van der Waals surface area contributed by atoms with Gasteiger partial charge in [0.2, 0.25) is 5.91 Å². The molecule has 1 aliphatic rings. The number of carbonyl (C=O) groups excluding carboxylic acids is 1. The Balaban J connectivity index is 1.71. The molecule has 7 nitrogen and oxygen atoms in total. The summed E-state index contributed by atoms with van der Waals surface area (Å²) in [7, 11) is -3.69. The van der Waals surface area contributed by atoms with E-state index in [9.17, 15) is 13.2 Å². The van der Waals surface area contributed by atoms with Gasteiger partial charge in [0.25, 0.3) is 0 Å². The third-order valence-corrected chi connectivity index (χ3v) is 6.20. The number of rotatable bonds is 5. The number of aryl methyl sites for hydroxylation is 1. The van der Waals surface area contributed by atoms with E-state index in [2.05, 4.69) is 10.5 Å². The molecule has 0 fully saturated rings. The lowest BCUT2D eigenvalue weighted by atomic mass is 10.0. The fraction of sp³-hybridized carbons (Fsp3) is 0.412. The van der Waals surface area contributed by atoms with Crippen LogP contribution in [-0.4, -0.2) is 31.3 Å². The molecule has 0 radical (unpaired) electrons. The van der Waals surface area contributed by atoms with Gasteiger partial charge in [0.1, 0.15) is 16.8 Å². The molecule has 0 saturated heterocycles. The Kier molecular flexibility index (Phi) is 4.80. The van der Waals surface area contributed by atoms with Crippen LogP contribution < -0.4 is 10.1 Å². The highest BCUT2D eigenvalue weighted by molar-refractivity contribution is 7.92. The zero-order valence-corrected chi connectivity index (χ0v) is 14.9. The predicted octanol–water partition coefficient (Wildman–Crippen LogP) is 1.93. The van der Waals surface area contributed by atoms with Crippen molar-refractivity contribution in [3.63, 3.8) is 0 Å². The van der Waals surface area contributed by atoms with Gasteiger partial charge in [-0.25, -0.2) is 8.42 Å². The third-order valence-electron chi connectivity index (χ3n) is 4.21. The molecule has 0 spiro atoms. The van der Waals surface area contributed by atoms with Gasteiger partial charge in [-0.1, -0.05) is 23.4 Å². The van der Waals surface area contributed by atoms with Crippen LogP contribution in [0.1, 0.15) is 36.4 Å². The largest absolute Gasteiger partial charge is 0.493 e. The number of fused-ring (bicyclic) bond motifs is 1. The fourth-order valence-electron chi connectivity index (χ4n) is 2.76. The molecule has 0 unspecified atom stereocenters. The molecule has 25 heavy (non-hydrogen) atoms. The summed E-state index contributed by atoms with van der Waals surface area (Å²) in [6, 6.07) is 8.72. The lowest BCUT2D eigenvalue weighted by molar-refractivity contribution is -0.121. The number of hydrogen-bond acceptors (Lipinski definition) is 6. The molecule has 1 aliphatic heterocycles. The number of hydrogen-bond donors (Lipinski definition) is 1. The number of aromatic nitrogens is 1. The lowest BCUT2D eigenvalue weighted by Crippen LogP contribution is -2.41. The topological polar surface area (TPSA) is 98.5 Å². The normalized spacial score (nSPS) is 18.1. The molecular weight excluding hydrogens is 344 g/mol. The molecular formula is C17H20N2O5S. The Hall–Kier alpha value is -2.35. The van der Waals surface area contributed by atoms with Crippen molar-refractivity contribution in [3.05, 3.63) is 47.3 Å². The number of carbonyl (C=O) groups is 1. The summed E-state index contributed by atoms with van der Waals surface area (Å²) in [4.78, 5) is 12.5. The highest BCUT2D eigenvalue weighted by atomic mass is 32.2. The molecule has 1 amide bonds. The van der Waals surface area contributed by atoms with E-state index < -0.39 is 21.0 Å². The average Bonchev–Trinajstić information content (AvgIpc) is 2.98. The van der Waals surface area contributed by atoms with Gasteiger partial charge in [0.05, 0.1) is 24.1 Å². The maximum absolute atomic E-state index is 12.5. The second kappa shape index (κ2) is 6.87. The van der Waals surface area contributed by atoms with E-state index in [1.54, 1.807) is 13.0 Å². The summed E-state index contributed by atoms with van der Waals surface area (Å²) in [6.07, 6.45) is 0.595. The van der Waals surface area contributed by atoms with Gasteiger partial charge in [0.15, 0.2) is 9.84 Å². The summed E-state index contributed by atoms with van der Waals surface area (Å²) in [5.41, 5.74) is 1.16. The first kappa shape index (κ1) is 17.5. The van der Waals surface area contributed by atoms with Gasteiger partial charge in [-0.05, 0) is 19.9 Å². The van der Waals surface area contributed by atoms with Gasteiger partial charge in [-0.15, -0.1) is 0 Å². The van der Waals surface area contributed by atoms with Crippen LogP contribution in [0.15, 0.2) is 34.9 Å². The summed E-state index contributed by atoms with van der Waals surface area (Å²) in [6.45, 7) is 3.55. The molecule has 2 heterocycles. The minimum atomic E-state index is -3.69. The molecule has 1 aromatic heterocycles. The number of sulfone groups is 1. The van der Waals surface area contributed by atoms with Crippen molar-refractivity contribution in [2.75, 3.05) is 6.61 Å². The molecule has 0 aliphatic carbocycles. The van der Waals surface area contributed by atoms with E-state index in [1.807, 2.05) is 24.3 Å². The summed E-state index contributed by atoms with van der Waals surface area (Å²) >= 11 is 0. The van der Waals surface area contributed by atoms with Crippen LogP contribution in [0.5, 0.6) is 5.75 Å². The van der Waals surface area contributed by atoms with Crippen LogP contribution in [0.3, 0.4) is 0 Å². The van der Waals surface area contributed by atoms with Gasteiger partial charge in [-0.2, -0.15) is 0 Å². The van der Waals surface area contributed by atoms with E-state index in [0.717, 1.165) is 5.56 Å². The minimum Gasteiger partial charge on any atom is -0.493 e. The highest BCUT2D eigenvalue weighted by Gasteiger charge is 2.32. The predicted molar refractivity (Wildman–Crippen MR) is 90.8 cm³/mol. The molecule has 1 aromatic carbocycles. The van der Waals surface area contributed by atoms with Crippen LogP contribution in [0.2, 0.25) is 0 Å². The van der Waals surface area contributed by atoms with Crippen LogP contribution >= 0.6 is 0 Å². The third kappa shape index (κ3) is 3.84. The van der Waals surface area contributed by atoms with Crippen LogP contribution in [-0.2, 0) is 20.4 Å². The smallest absolute Gasteiger partial charge is 0.238 e. The minimum absolute atomic E-state index is 0.260. The standard InChI is InChI=1S/C17H20N2O5S/c1-11-9-13(19-24-11)10-25(21,22)12(2)17(20)18-15-7-8-23-16-6-4-3-5-14(15)16/h3-6,9,12,15H,7-8,10H2,1-2H3,(H,18,20)/t12-,15-/m1/s1. The quantitative estimate of drug-likeness (QED) is 0.870. The Morgan fingerprint density at radius 2 is 2.16 bits per heavy atom. The second-order valence-corrected chi connectivity index (χ2v) is 8.44. The number of ether oxygens (including phenoxy) is 1. The van der Waals surface area contributed by atoms with Crippen molar-refractivity contribution < 1.29 is 22.5 Å². The van der Waals surface area contributed by atoms with Crippen molar-refractivity contribution in [2.45, 2.75) is 37.3 Å². The van der Waals surface area contributed by atoms with E-state index in [1.165, 1.54) is 6.92 Å². The number of para-hydroxylation sites is 1. The lowest BCUT2D eigenvalue weighted by Gasteiger charge is -2.27. The van der Waals surface area contributed by atoms with Crippen molar-refractivity contribution in [1.29, 1.82) is 0 Å². The first-order chi connectivity index (χ1) is 11.9. The van der Waals surface area contributed by atoms with Crippen LogP contribution in [0.25, 0.3) is 0 Å². The SMILES string of the molecule is Cc1cc(CS(=O)(=O)[C@H](C)C(=O)N[C@@H]2CCOc3ccccc32)no1. The number of nitrogens with zero attached hydrogens (tertiary/aromatic N) is 1. The monoisotopic (exact) mass is 364 g/mol.